The van der Waals surface area contributed by atoms with Crippen LogP contribution in [0.25, 0.3) is 5.69 Å². The van der Waals surface area contributed by atoms with Gasteiger partial charge in [-0.05, 0) is 24.3 Å². The minimum Gasteiger partial charge on any atom is -0.491 e. The number of hydrogen-bond acceptors (Lipinski definition) is 6. The van der Waals surface area contributed by atoms with Crippen LogP contribution in [-0.2, 0) is 0 Å². The fraction of sp³-hybridized carbons (Fsp3) is 0.273. The summed E-state index contributed by atoms with van der Waals surface area (Å²) in [7, 11) is 0. The van der Waals surface area contributed by atoms with Crippen LogP contribution in [0.5, 0.6) is 5.75 Å². The first-order valence-corrected chi connectivity index (χ1v) is 10.6. The van der Waals surface area contributed by atoms with Crippen LogP contribution in [0.4, 0.5) is 5.69 Å². The molecule has 0 atom stereocenters. The SMILES string of the molecule is O=C(c1ccc(-n2ccnc2)c([N+](=O)[O-])c1)N1CCN(CCOc2ccccc2Cl)CC1. The van der Waals surface area contributed by atoms with Gasteiger partial charge in [-0.15, -0.1) is 0 Å². The molecule has 10 heteroatoms. The summed E-state index contributed by atoms with van der Waals surface area (Å²) in [4.78, 5) is 31.9. The van der Waals surface area contributed by atoms with Gasteiger partial charge in [-0.25, -0.2) is 4.98 Å². The van der Waals surface area contributed by atoms with Gasteiger partial charge in [0.15, 0.2) is 0 Å². The van der Waals surface area contributed by atoms with Gasteiger partial charge in [0.05, 0.1) is 16.3 Å². The van der Waals surface area contributed by atoms with E-state index >= 15 is 0 Å². The van der Waals surface area contributed by atoms with Gasteiger partial charge in [0.25, 0.3) is 11.6 Å². The molecule has 1 aliphatic heterocycles. The first kappa shape index (κ1) is 21.8. The summed E-state index contributed by atoms with van der Waals surface area (Å²) in [5, 5.41) is 12.1. The largest absolute Gasteiger partial charge is 0.491 e. The molecule has 0 spiro atoms. The zero-order chi connectivity index (χ0) is 22.5. The standard InChI is InChI=1S/C22H22ClN5O4/c23-18-3-1-2-4-21(18)32-14-13-25-9-11-26(12-10-25)22(29)17-5-6-19(20(15-17)28(30)31)27-8-7-24-16-27/h1-8,15-16H,9-14H2. The summed E-state index contributed by atoms with van der Waals surface area (Å²) in [6.07, 6.45) is 4.65. The van der Waals surface area contributed by atoms with E-state index in [0.717, 1.165) is 6.54 Å². The second-order valence-electron chi connectivity index (χ2n) is 7.34. The number of imidazole rings is 1. The number of nitro groups is 1. The first-order chi connectivity index (χ1) is 15.5. The molecule has 2 aromatic carbocycles. The van der Waals surface area contributed by atoms with E-state index in [0.29, 0.717) is 54.8 Å². The number of carbonyl (C=O) groups is 1. The van der Waals surface area contributed by atoms with Crippen molar-refractivity contribution in [3.63, 3.8) is 0 Å². The van der Waals surface area contributed by atoms with Crippen molar-refractivity contribution in [2.45, 2.75) is 0 Å². The molecule has 3 aromatic rings. The molecular weight excluding hydrogens is 434 g/mol. The lowest BCUT2D eigenvalue weighted by atomic mass is 10.1. The molecule has 0 N–H and O–H groups in total. The lowest BCUT2D eigenvalue weighted by Crippen LogP contribution is -2.49. The van der Waals surface area contributed by atoms with Crippen molar-refractivity contribution in [1.82, 2.24) is 19.4 Å². The van der Waals surface area contributed by atoms with E-state index < -0.39 is 4.92 Å². The minimum absolute atomic E-state index is 0.135. The van der Waals surface area contributed by atoms with E-state index in [1.165, 1.54) is 12.4 Å². The smallest absolute Gasteiger partial charge is 0.294 e. The molecular formula is C22H22ClN5O4. The fourth-order valence-electron chi connectivity index (χ4n) is 3.63. The number of halogens is 1. The highest BCUT2D eigenvalue weighted by atomic mass is 35.5. The summed E-state index contributed by atoms with van der Waals surface area (Å²) < 4.78 is 7.29. The van der Waals surface area contributed by atoms with E-state index in [1.807, 2.05) is 18.2 Å². The van der Waals surface area contributed by atoms with Gasteiger partial charge in [0, 0.05) is 56.7 Å². The van der Waals surface area contributed by atoms with Crippen molar-refractivity contribution in [3.05, 3.63) is 81.9 Å². The predicted molar refractivity (Wildman–Crippen MR) is 120 cm³/mol. The summed E-state index contributed by atoms with van der Waals surface area (Å²) in [6.45, 7) is 3.71. The highest BCUT2D eigenvalue weighted by Gasteiger charge is 2.25. The molecule has 1 fully saturated rings. The maximum absolute atomic E-state index is 12.9. The van der Waals surface area contributed by atoms with E-state index in [-0.39, 0.29) is 11.6 Å². The number of rotatable bonds is 7. The Balaban J connectivity index is 1.33. The molecule has 32 heavy (non-hydrogen) atoms. The number of nitrogens with zero attached hydrogens (tertiary/aromatic N) is 5. The topological polar surface area (TPSA) is 93.7 Å². The van der Waals surface area contributed by atoms with Crippen molar-refractivity contribution in [2.24, 2.45) is 0 Å². The van der Waals surface area contributed by atoms with Gasteiger partial charge in [0.1, 0.15) is 18.0 Å². The molecule has 4 rings (SSSR count). The number of hydrogen-bond donors (Lipinski definition) is 0. The third-order valence-electron chi connectivity index (χ3n) is 5.36. The highest BCUT2D eigenvalue weighted by molar-refractivity contribution is 6.32. The number of benzene rings is 2. The average molecular weight is 456 g/mol. The molecule has 0 bridgehead atoms. The van der Waals surface area contributed by atoms with Crippen molar-refractivity contribution in [3.8, 4) is 11.4 Å². The van der Waals surface area contributed by atoms with Crippen LogP contribution in [-0.4, -0.2) is 69.5 Å². The van der Waals surface area contributed by atoms with E-state index in [2.05, 4.69) is 9.88 Å². The van der Waals surface area contributed by atoms with Crippen molar-refractivity contribution >= 4 is 23.2 Å². The molecule has 1 aromatic heterocycles. The van der Waals surface area contributed by atoms with Gasteiger partial charge >= 0.3 is 0 Å². The second kappa shape index (κ2) is 9.80. The molecule has 1 saturated heterocycles. The molecule has 0 saturated carbocycles. The van der Waals surface area contributed by atoms with Crippen LogP contribution < -0.4 is 4.74 Å². The zero-order valence-electron chi connectivity index (χ0n) is 17.3. The number of carbonyl (C=O) groups excluding carboxylic acids is 1. The summed E-state index contributed by atoms with van der Waals surface area (Å²) in [5.74, 6) is 0.445. The van der Waals surface area contributed by atoms with Gasteiger partial charge in [-0.1, -0.05) is 23.7 Å². The van der Waals surface area contributed by atoms with Gasteiger partial charge in [-0.2, -0.15) is 0 Å². The molecule has 0 aliphatic carbocycles. The van der Waals surface area contributed by atoms with Crippen molar-refractivity contribution < 1.29 is 14.5 Å². The Bertz CT molecular complexity index is 1100. The number of para-hydroxylation sites is 1. The van der Waals surface area contributed by atoms with E-state index in [4.69, 9.17) is 16.3 Å². The molecule has 0 unspecified atom stereocenters. The van der Waals surface area contributed by atoms with Crippen LogP contribution in [0.15, 0.2) is 61.2 Å². The van der Waals surface area contributed by atoms with Crippen LogP contribution >= 0.6 is 11.6 Å². The lowest BCUT2D eigenvalue weighted by molar-refractivity contribution is -0.384. The number of ether oxygens (including phenoxy) is 1. The van der Waals surface area contributed by atoms with Gasteiger partial charge in [-0.3, -0.25) is 19.8 Å². The molecule has 2 heterocycles. The average Bonchev–Trinajstić information content (AvgIpc) is 3.35. The molecule has 166 valence electrons. The van der Waals surface area contributed by atoms with Crippen LogP contribution in [0, 0.1) is 10.1 Å². The Morgan fingerprint density at radius 2 is 1.94 bits per heavy atom. The number of amides is 1. The van der Waals surface area contributed by atoms with Crippen molar-refractivity contribution in [2.75, 3.05) is 39.3 Å². The van der Waals surface area contributed by atoms with Crippen LogP contribution in [0.2, 0.25) is 5.02 Å². The Hall–Kier alpha value is -3.43. The Morgan fingerprint density at radius 1 is 1.16 bits per heavy atom. The van der Waals surface area contributed by atoms with E-state index in [1.54, 1.807) is 40.1 Å². The van der Waals surface area contributed by atoms with E-state index in [9.17, 15) is 14.9 Å². The Labute approximate surface area is 189 Å². The van der Waals surface area contributed by atoms with Crippen LogP contribution in [0.3, 0.4) is 0 Å². The quantitative estimate of drug-likeness (QED) is 0.401. The van der Waals surface area contributed by atoms with Crippen LogP contribution in [0.1, 0.15) is 10.4 Å². The Morgan fingerprint density at radius 3 is 2.62 bits per heavy atom. The summed E-state index contributed by atoms with van der Waals surface area (Å²) >= 11 is 6.10. The summed E-state index contributed by atoms with van der Waals surface area (Å²) in [5.41, 5.74) is 0.535. The number of piperazine rings is 1. The normalized spacial score (nSPS) is 14.3. The fourth-order valence-corrected chi connectivity index (χ4v) is 3.82. The predicted octanol–water partition coefficient (Wildman–Crippen LogP) is 3.27. The number of nitro benzene ring substituents is 1. The van der Waals surface area contributed by atoms with Gasteiger partial charge < -0.3 is 14.2 Å². The maximum Gasteiger partial charge on any atom is 0.294 e. The highest BCUT2D eigenvalue weighted by Crippen LogP contribution is 2.25. The lowest BCUT2D eigenvalue weighted by Gasteiger charge is -2.34. The molecule has 1 aliphatic rings. The Kier molecular flexibility index (Phi) is 6.67. The molecule has 9 nitrogen and oxygen atoms in total. The van der Waals surface area contributed by atoms with Crippen molar-refractivity contribution in [1.29, 1.82) is 0 Å². The number of aromatic nitrogens is 2. The third kappa shape index (κ3) is 4.90. The first-order valence-electron chi connectivity index (χ1n) is 10.2. The maximum atomic E-state index is 12.9. The van der Waals surface area contributed by atoms with Gasteiger partial charge in [0.2, 0.25) is 0 Å². The zero-order valence-corrected chi connectivity index (χ0v) is 18.0. The molecule has 1 amide bonds. The molecule has 0 radical (unpaired) electrons. The minimum atomic E-state index is -0.483. The summed E-state index contributed by atoms with van der Waals surface area (Å²) in [6, 6.07) is 11.9. The second-order valence-corrected chi connectivity index (χ2v) is 7.75. The third-order valence-corrected chi connectivity index (χ3v) is 5.68. The monoisotopic (exact) mass is 455 g/mol.